The summed E-state index contributed by atoms with van der Waals surface area (Å²) in [7, 11) is 1.57. The van der Waals surface area contributed by atoms with E-state index in [2.05, 4.69) is 21.7 Å². The number of hydrogen-bond acceptors (Lipinski definition) is 6. The van der Waals surface area contributed by atoms with Crippen molar-refractivity contribution in [2.75, 3.05) is 17.7 Å². The SMILES string of the molecule is COc1cccc(NC(=O)Cc2sc(Nc3cc(C)cc(C)c3)nc2O)c1. The summed E-state index contributed by atoms with van der Waals surface area (Å²) in [4.78, 5) is 16.9. The van der Waals surface area contributed by atoms with Crippen LogP contribution in [0.15, 0.2) is 42.5 Å². The van der Waals surface area contributed by atoms with E-state index in [-0.39, 0.29) is 18.2 Å². The Hall–Kier alpha value is -3.06. The van der Waals surface area contributed by atoms with Gasteiger partial charge in [0, 0.05) is 17.4 Å². The van der Waals surface area contributed by atoms with Crippen LogP contribution in [-0.4, -0.2) is 23.1 Å². The normalized spacial score (nSPS) is 10.5. The first-order valence-electron chi connectivity index (χ1n) is 8.41. The Balaban J connectivity index is 1.67. The number of nitrogens with one attached hydrogen (secondary N) is 2. The third kappa shape index (κ3) is 4.98. The number of amides is 1. The van der Waals surface area contributed by atoms with Crippen molar-refractivity contribution in [2.45, 2.75) is 20.3 Å². The second-order valence-corrected chi connectivity index (χ2v) is 7.31. The lowest BCUT2D eigenvalue weighted by atomic mass is 10.1. The first-order chi connectivity index (χ1) is 12.9. The number of nitrogens with zero attached hydrogens (tertiary/aromatic N) is 1. The quantitative estimate of drug-likeness (QED) is 0.588. The largest absolute Gasteiger partial charge is 0.497 e. The summed E-state index contributed by atoms with van der Waals surface area (Å²) in [6.45, 7) is 4.04. The molecule has 0 fully saturated rings. The zero-order valence-corrected chi connectivity index (χ0v) is 16.2. The predicted molar refractivity (Wildman–Crippen MR) is 108 cm³/mol. The molecule has 1 aromatic heterocycles. The number of carbonyl (C=O) groups is 1. The molecule has 6 nitrogen and oxygen atoms in total. The minimum absolute atomic E-state index is 0.0369. The van der Waals surface area contributed by atoms with Gasteiger partial charge in [0.25, 0.3) is 0 Å². The maximum atomic E-state index is 12.3. The Morgan fingerprint density at radius 2 is 1.89 bits per heavy atom. The zero-order chi connectivity index (χ0) is 19.4. The molecule has 0 bridgehead atoms. The summed E-state index contributed by atoms with van der Waals surface area (Å²) in [5, 5.41) is 16.6. The number of carbonyl (C=O) groups excluding carboxylic acids is 1. The number of thiazole rings is 1. The van der Waals surface area contributed by atoms with Crippen molar-refractivity contribution in [3.8, 4) is 11.6 Å². The number of hydrogen-bond donors (Lipinski definition) is 3. The van der Waals surface area contributed by atoms with Gasteiger partial charge in [-0.1, -0.05) is 23.5 Å². The first kappa shape index (κ1) is 18.7. The molecule has 3 N–H and O–H groups in total. The lowest BCUT2D eigenvalue weighted by molar-refractivity contribution is -0.115. The van der Waals surface area contributed by atoms with Crippen LogP contribution in [0.4, 0.5) is 16.5 Å². The van der Waals surface area contributed by atoms with Gasteiger partial charge in [-0.25, -0.2) is 0 Å². The Morgan fingerprint density at radius 1 is 1.15 bits per heavy atom. The fraction of sp³-hybridized carbons (Fsp3) is 0.200. The standard InChI is InChI=1S/C20H21N3O3S/c1-12-7-13(2)9-15(8-12)22-20-23-19(25)17(27-20)11-18(24)21-14-5-4-6-16(10-14)26-3/h4-10,25H,11H2,1-3H3,(H,21,24)(H,22,23). The van der Waals surface area contributed by atoms with Crippen molar-refractivity contribution >= 4 is 33.8 Å². The lowest BCUT2D eigenvalue weighted by Gasteiger charge is -2.06. The summed E-state index contributed by atoms with van der Waals surface area (Å²) in [5.41, 5.74) is 3.80. The number of ether oxygens (including phenoxy) is 1. The van der Waals surface area contributed by atoms with E-state index in [1.54, 1.807) is 31.4 Å². The molecule has 0 aliphatic carbocycles. The molecule has 0 radical (unpaired) electrons. The molecule has 0 aliphatic heterocycles. The Morgan fingerprint density at radius 3 is 2.59 bits per heavy atom. The Bertz CT molecular complexity index is 949. The van der Waals surface area contributed by atoms with E-state index in [0.29, 0.717) is 21.4 Å². The molecule has 140 valence electrons. The molecule has 0 aliphatic rings. The molecule has 0 unspecified atom stereocenters. The first-order valence-corrected chi connectivity index (χ1v) is 9.22. The summed E-state index contributed by atoms with van der Waals surface area (Å²) in [6, 6.07) is 13.2. The van der Waals surface area contributed by atoms with Crippen molar-refractivity contribution in [1.29, 1.82) is 0 Å². The van der Waals surface area contributed by atoms with Crippen molar-refractivity contribution in [1.82, 2.24) is 4.98 Å². The van der Waals surface area contributed by atoms with Crippen LogP contribution >= 0.6 is 11.3 Å². The monoisotopic (exact) mass is 383 g/mol. The molecule has 1 amide bonds. The molecular weight excluding hydrogens is 362 g/mol. The average molecular weight is 383 g/mol. The Kier molecular flexibility index (Phi) is 5.61. The second-order valence-electron chi connectivity index (χ2n) is 6.22. The lowest BCUT2D eigenvalue weighted by Crippen LogP contribution is -2.13. The van der Waals surface area contributed by atoms with E-state index in [1.165, 1.54) is 11.3 Å². The van der Waals surface area contributed by atoms with Crippen LogP contribution in [0.5, 0.6) is 11.6 Å². The van der Waals surface area contributed by atoms with Crippen molar-refractivity contribution in [3.05, 3.63) is 58.5 Å². The zero-order valence-electron chi connectivity index (χ0n) is 15.4. The molecule has 3 rings (SSSR count). The van der Waals surface area contributed by atoms with E-state index in [4.69, 9.17) is 4.74 Å². The van der Waals surface area contributed by atoms with Crippen LogP contribution in [0, 0.1) is 13.8 Å². The molecule has 7 heteroatoms. The molecule has 0 atom stereocenters. The summed E-state index contributed by atoms with van der Waals surface area (Å²) < 4.78 is 5.14. The van der Waals surface area contributed by atoms with Gasteiger partial charge >= 0.3 is 0 Å². The highest BCUT2D eigenvalue weighted by molar-refractivity contribution is 7.16. The molecule has 0 saturated heterocycles. The Labute approximate surface area is 161 Å². The minimum Gasteiger partial charge on any atom is -0.497 e. The third-order valence-corrected chi connectivity index (χ3v) is 4.78. The van der Waals surface area contributed by atoms with Gasteiger partial charge in [0.05, 0.1) is 18.4 Å². The van der Waals surface area contributed by atoms with Crippen molar-refractivity contribution in [3.63, 3.8) is 0 Å². The van der Waals surface area contributed by atoms with Crippen LogP contribution in [0.3, 0.4) is 0 Å². The second kappa shape index (κ2) is 8.09. The number of anilines is 3. The van der Waals surface area contributed by atoms with Crippen molar-refractivity contribution < 1.29 is 14.6 Å². The van der Waals surface area contributed by atoms with Gasteiger partial charge in [0.15, 0.2) is 5.13 Å². The summed E-state index contributed by atoms with van der Waals surface area (Å²) >= 11 is 1.25. The van der Waals surface area contributed by atoms with Crippen molar-refractivity contribution in [2.24, 2.45) is 0 Å². The van der Waals surface area contributed by atoms with Crippen LogP contribution < -0.4 is 15.4 Å². The number of aromatic hydroxyl groups is 1. The topological polar surface area (TPSA) is 83.5 Å². The van der Waals surface area contributed by atoms with Gasteiger partial charge in [-0.05, 0) is 49.2 Å². The number of aryl methyl sites for hydroxylation is 2. The molecule has 2 aromatic carbocycles. The molecular formula is C20H21N3O3S. The fourth-order valence-electron chi connectivity index (χ4n) is 2.73. The molecule has 3 aromatic rings. The van der Waals surface area contributed by atoms with Gasteiger partial charge in [0.2, 0.25) is 11.8 Å². The van der Waals surface area contributed by atoms with E-state index in [1.807, 2.05) is 26.0 Å². The minimum atomic E-state index is -0.236. The third-order valence-electron chi connectivity index (χ3n) is 3.82. The van der Waals surface area contributed by atoms with E-state index < -0.39 is 0 Å². The van der Waals surface area contributed by atoms with Gasteiger partial charge in [-0.2, -0.15) is 4.98 Å². The fourth-order valence-corrected chi connectivity index (χ4v) is 3.61. The number of rotatable bonds is 6. The van der Waals surface area contributed by atoms with Crippen LogP contribution in [0.2, 0.25) is 0 Å². The maximum absolute atomic E-state index is 12.3. The van der Waals surface area contributed by atoms with E-state index >= 15 is 0 Å². The maximum Gasteiger partial charge on any atom is 0.229 e. The van der Waals surface area contributed by atoms with Gasteiger partial charge in [-0.15, -0.1) is 0 Å². The molecule has 1 heterocycles. The highest BCUT2D eigenvalue weighted by Gasteiger charge is 2.15. The highest BCUT2D eigenvalue weighted by Crippen LogP contribution is 2.31. The smallest absolute Gasteiger partial charge is 0.229 e. The molecule has 27 heavy (non-hydrogen) atoms. The van der Waals surface area contributed by atoms with E-state index in [9.17, 15) is 9.90 Å². The van der Waals surface area contributed by atoms with Crippen LogP contribution in [0.1, 0.15) is 16.0 Å². The predicted octanol–water partition coefficient (Wildman–Crippen LogP) is 4.40. The van der Waals surface area contributed by atoms with E-state index in [0.717, 1.165) is 16.8 Å². The van der Waals surface area contributed by atoms with Crippen LogP contribution in [-0.2, 0) is 11.2 Å². The molecule has 0 saturated carbocycles. The highest BCUT2D eigenvalue weighted by atomic mass is 32.1. The van der Waals surface area contributed by atoms with Gasteiger partial charge in [-0.3, -0.25) is 4.79 Å². The molecule has 0 spiro atoms. The van der Waals surface area contributed by atoms with Gasteiger partial charge in [0.1, 0.15) is 5.75 Å². The number of methoxy groups -OCH3 is 1. The summed E-state index contributed by atoms with van der Waals surface area (Å²) in [5.74, 6) is 0.293. The van der Waals surface area contributed by atoms with Gasteiger partial charge < -0.3 is 20.5 Å². The summed E-state index contributed by atoms with van der Waals surface area (Å²) in [6.07, 6.45) is 0.0369. The number of benzene rings is 2. The van der Waals surface area contributed by atoms with Crippen LogP contribution in [0.25, 0.3) is 0 Å². The average Bonchev–Trinajstić information content (AvgIpc) is 2.93. The number of aromatic nitrogens is 1.